The van der Waals surface area contributed by atoms with Crippen LogP contribution in [-0.4, -0.2) is 30.0 Å². The summed E-state index contributed by atoms with van der Waals surface area (Å²) in [6.45, 7) is 9.81. The van der Waals surface area contributed by atoms with E-state index in [0.29, 0.717) is 13.2 Å². The first kappa shape index (κ1) is 14.6. The van der Waals surface area contributed by atoms with E-state index in [1.807, 2.05) is 20.8 Å². The van der Waals surface area contributed by atoms with Gasteiger partial charge < -0.3 is 15.2 Å². The second kappa shape index (κ2) is 6.50. The van der Waals surface area contributed by atoms with Crippen LogP contribution in [0.3, 0.4) is 0 Å². The maximum atomic E-state index is 9.73. The van der Waals surface area contributed by atoms with Crippen LogP contribution in [0, 0.1) is 6.92 Å². The highest BCUT2D eigenvalue weighted by molar-refractivity contribution is 7.08. The third-order valence-electron chi connectivity index (χ3n) is 2.37. The molecule has 0 bridgehead atoms. The summed E-state index contributed by atoms with van der Waals surface area (Å²) in [5.41, 5.74) is 2.42. The highest BCUT2D eigenvalue weighted by Gasteiger charge is 2.13. The van der Waals surface area contributed by atoms with Crippen molar-refractivity contribution in [3.8, 4) is 0 Å². The molecule has 2 N–H and O–H groups in total. The topological polar surface area (TPSA) is 41.5 Å². The molecule has 0 fully saturated rings. The van der Waals surface area contributed by atoms with Crippen molar-refractivity contribution in [2.45, 2.75) is 45.9 Å². The van der Waals surface area contributed by atoms with Gasteiger partial charge in [0.1, 0.15) is 0 Å². The minimum absolute atomic E-state index is 0.190. The van der Waals surface area contributed by atoms with E-state index in [0.717, 1.165) is 6.54 Å². The van der Waals surface area contributed by atoms with Crippen molar-refractivity contribution in [2.75, 3.05) is 13.2 Å². The standard InChI is InChI=1S/C13H23NO2S/c1-10-8-17-9-11(10)5-14-6-12(15)7-16-13(2,3)4/h8-9,12,14-15H,5-7H2,1-4H3. The molecule has 0 amide bonds. The second-order valence-electron chi connectivity index (χ2n) is 5.29. The van der Waals surface area contributed by atoms with E-state index in [9.17, 15) is 5.11 Å². The predicted octanol–water partition coefficient (Wildman–Crippen LogP) is 2.32. The Morgan fingerprint density at radius 3 is 2.65 bits per heavy atom. The number of hydrogen-bond acceptors (Lipinski definition) is 4. The van der Waals surface area contributed by atoms with Crippen LogP contribution < -0.4 is 5.32 Å². The summed E-state index contributed by atoms with van der Waals surface area (Å²) in [6, 6.07) is 0. The zero-order valence-electron chi connectivity index (χ0n) is 11.1. The third kappa shape index (κ3) is 6.17. The monoisotopic (exact) mass is 257 g/mol. The van der Waals surface area contributed by atoms with Gasteiger partial charge in [0.2, 0.25) is 0 Å². The number of nitrogens with one attached hydrogen (secondary N) is 1. The lowest BCUT2D eigenvalue weighted by molar-refractivity contribution is -0.0479. The Morgan fingerprint density at radius 2 is 2.12 bits per heavy atom. The summed E-state index contributed by atoms with van der Waals surface area (Å²) in [6.07, 6.45) is -0.451. The van der Waals surface area contributed by atoms with Crippen molar-refractivity contribution >= 4 is 11.3 Å². The van der Waals surface area contributed by atoms with Gasteiger partial charge in [0.15, 0.2) is 0 Å². The van der Waals surface area contributed by atoms with Gasteiger partial charge >= 0.3 is 0 Å². The molecule has 17 heavy (non-hydrogen) atoms. The van der Waals surface area contributed by atoms with Gasteiger partial charge in [-0.25, -0.2) is 0 Å². The molecule has 0 aliphatic heterocycles. The van der Waals surface area contributed by atoms with Gasteiger partial charge in [0.25, 0.3) is 0 Å². The van der Waals surface area contributed by atoms with Crippen molar-refractivity contribution in [2.24, 2.45) is 0 Å². The predicted molar refractivity (Wildman–Crippen MR) is 72.5 cm³/mol. The Morgan fingerprint density at radius 1 is 1.41 bits per heavy atom. The molecule has 0 aliphatic carbocycles. The molecule has 0 aliphatic rings. The molecule has 0 spiro atoms. The number of aryl methyl sites for hydroxylation is 1. The normalized spacial score (nSPS) is 13.9. The second-order valence-corrected chi connectivity index (χ2v) is 6.03. The fraction of sp³-hybridized carbons (Fsp3) is 0.692. The minimum atomic E-state index is -0.451. The fourth-order valence-electron chi connectivity index (χ4n) is 1.35. The summed E-state index contributed by atoms with van der Waals surface area (Å²) >= 11 is 1.71. The highest BCUT2D eigenvalue weighted by Crippen LogP contribution is 2.13. The molecule has 0 saturated carbocycles. The molecule has 3 nitrogen and oxygen atoms in total. The lowest BCUT2D eigenvalue weighted by Crippen LogP contribution is -2.33. The molecule has 1 rings (SSSR count). The number of aliphatic hydroxyl groups is 1. The van der Waals surface area contributed by atoms with Crippen molar-refractivity contribution in [3.63, 3.8) is 0 Å². The first-order chi connectivity index (χ1) is 7.88. The van der Waals surface area contributed by atoms with E-state index >= 15 is 0 Å². The zero-order chi connectivity index (χ0) is 12.9. The van der Waals surface area contributed by atoms with Gasteiger partial charge in [-0.05, 0) is 49.6 Å². The van der Waals surface area contributed by atoms with Gasteiger partial charge in [-0.2, -0.15) is 11.3 Å². The van der Waals surface area contributed by atoms with Gasteiger partial charge in [-0.1, -0.05) is 0 Å². The molecule has 4 heteroatoms. The molecule has 98 valence electrons. The van der Waals surface area contributed by atoms with E-state index in [1.165, 1.54) is 11.1 Å². The van der Waals surface area contributed by atoms with Gasteiger partial charge in [-0.3, -0.25) is 0 Å². The number of rotatable bonds is 6. The lowest BCUT2D eigenvalue weighted by atomic mass is 10.2. The summed E-state index contributed by atoms with van der Waals surface area (Å²) in [5, 5.41) is 17.2. The van der Waals surface area contributed by atoms with E-state index < -0.39 is 6.10 Å². The van der Waals surface area contributed by atoms with Crippen LogP contribution in [-0.2, 0) is 11.3 Å². The van der Waals surface area contributed by atoms with E-state index in [4.69, 9.17) is 4.74 Å². The van der Waals surface area contributed by atoms with Crippen LogP contribution in [0.1, 0.15) is 31.9 Å². The van der Waals surface area contributed by atoms with Gasteiger partial charge in [0, 0.05) is 13.1 Å². The SMILES string of the molecule is Cc1cscc1CNCC(O)COC(C)(C)C. The molecule has 1 atom stereocenters. The largest absolute Gasteiger partial charge is 0.389 e. The van der Waals surface area contributed by atoms with Crippen molar-refractivity contribution in [1.82, 2.24) is 5.32 Å². The van der Waals surface area contributed by atoms with Crippen LogP contribution in [0.5, 0.6) is 0 Å². The van der Waals surface area contributed by atoms with E-state index in [-0.39, 0.29) is 5.60 Å². The molecule has 1 heterocycles. The molecule has 1 aromatic rings. The lowest BCUT2D eigenvalue weighted by Gasteiger charge is -2.22. The molecule has 1 unspecified atom stereocenters. The van der Waals surface area contributed by atoms with Crippen LogP contribution in [0.25, 0.3) is 0 Å². The molecule has 0 aromatic carbocycles. The van der Waals surface area contributed by atoms with Gasteiger partial charge in [0.05, 0.1) is 18.3 Å². The van der Waals surface area contributed by atoms with Crippen molar-refractivity contribution in [3.05, 3.63) is 21.9 Å². The minimum Gasteiger partial charge on any atom is -0.389 e. The first-order valence-corrected chi connectivity index (χ1v) is 6.87. The van der Waals surface area contributed by atoms with Crippen LogP contribution in [0.15, 0.2) is 10.8 Å². The summed E-state index contributed by atoms with van der Waals surface area (Å²) < 4.78 is 5.51. The Bertz CT molecular complexity index is 330. The van der Waals surface area contributed by atoms with Crippen LogP contribution in [0.4, 0.5) is 0 Å². The van der Waals surface area contributed by atoms with Crippen molar-refractivity contribution < 1.29 is 9.84 Å². The Labute approximate surface area is 108 Å². The number of hydrogen-bond donors (Lipinski definition) is 2. The van der Waals surface area contributed by atoms with Gasteiger partial charge in [-0.15, -0.1) is 0 Å². The average Bonchev–Trinajstić information content (AvgIpc) is 2.61. The quantitative estimate of drug-likeness (QED) is 0.822. The molecular formula is C13H23NO2S. The molecular weight excluding hydrogens is 234 g/mol. The Hall–Kier alpha value is -0.420. The smallest absolute Gasteiger partial charge is 0.0898 e. The van der Waals surface area contributed by atoms with Crippen LogP contribution in [0.2, 0.25) is 0 Å². The summed E-state index contributed by atoms with van der Waals surface area (Å²) in [5.74, 6) is 0. The summed E-state index contributed by atoms with van der Waals surface area (Å²) in [7, 11) is 0. The number of aliphatic hydroxyl groups excluding tert-OH is 1. The fourth-order valence-corrected chi connectivity index (χ4v) is 2.20. The summed E-state index contributed by atoms with van der Waals surface area (Å²) in [4.78, 5) is 0. The Kier molecular flexibility index (Phi) is 5.59. The number of ether oxygens (including phenoxy) is 1. The van der Waals surface area contributed by atoms with E-state index in [1.54, 1.807) is 11.3 Å². The number of thiophene rings is 1. The molecule has 0 saturated heterocycles. The van der Waals surface area contributed by atoms with E-state index in [2.05, 4.69) is 23.0 Å². The third-order valence-corrected chi connectivity index (χ3v) is 3.28. The van der Waals surface area contributed by atoms with Crippen LogP contribution >= 0.6 is 11.3 Å². The Balaban J connectivity index is 2.16. The molecule has 0 radical (unpaired) electrons. The van der Waals surface area contributed by atoms with Crippen molar-refractivity contribution in [1.29, 1.82) is 0 Å². The maximum Gasteiger partial charge on any atom is 0.0898 e. The zero-order valence-corrected chi connectivity index (χ0v) is 11.9. The average molecular weight is 257 g/mol. The molecule has 1 aromatic heterocycles. The maximum absolute atomic E-state index is 9.73. The highest BCUT2D eigenvalue weighted by atomic mass is 32.1. The first-order valence-electron chi connectivity index (χ1n) is 5.93.